The Morgan fingerprint density at radius 2 is 1.92 bits per heavy atom. The lowest BCUT2D eigenvalue weighted by molar-refractivity contribution is -0.113. The summed E-state index contributed by atoms with van der Waals surface area (Å²) >= 11 is 0. The molecule has 0 spiro atoms. The van der Waals surface area contributed by atoms with Gasteiger partial charge in [0.25, 0.3) is 0 Å². The predicted molar refractivity (Wildman–Crippen MR) is 49.9 cm³/mol. The number of carbonyl (C=O) groups is 1. The van der Waals surface area contributed by atoms with Gasteiger partial charge in [-0.3, -0.25) is 4.79 Å². The normalized spacial score (nSPS) is 15.3. The number of hydrogen-bond acceptors (Lipinski definition) is 2. The second-order valence-electron chi connectivity index (χ2n) is 2.52. The van der Waals surface area contributed by atoms with Gasteiger partial charge in [-0.25, -0.2) is 0 Å². The van der Waals surface area contributed by atoms with Gasteiger partial charge in [-0.2, -0.15) is 0 Å². The van der Waals surface area contributed by atoms with Gasteiger partial charge in [0.2, 0.25) is 0 Å². The van der Waals surface area contributed by atoms with E-state index in [1.165, 1.54) is 0 Å². The highest BCUT2D eigenvalue weighted by molar-refractivity contribution is 5.94. The highest BCUT2D eigenvalue weighted by atomic mass is 16.5. The monoisotopic (exact) mass is 170 g/mol. The van der Waals surface area contributed by atoms with Crippen LogP contribution in [-0.4, -0.2) is 12.9 Å². The van der Waals surface area contributed by atoms with Crippen molar-refractivity contribution >= 4 is 5.78 Å². The molecule has 0 aromatic heterocycles. The van der Waals surface area contributed by atoms with Crippen LogP contribution in [0.15, 0.2) is 11.3 Å². The highest BCUT2D eigenvalue weighted by Crippen LogP contribution is 2.26. The van der Waals surface area contributed by atoms with Crippen LogP contribution < -0.4 is 0 Å². The first-order valence-corrected chi connectivity index (χ1v) is 4.52. The van der Waals surface area contributed by atoms with Crippen LogP contribution in [-0.2, 0) is 9.53 Å². The molecule has 0 N–H and O–H groups in total. The third kappa shape index (κ3) is 2.68. The van der Waals surface area contributed by atoms with Gasteiger partial charge in [-0.15, -0.1) is 0 Å². The van der Waals surface area contributed by atoms with E-state index in [1.54, 1.807) is 14.0 Å². The third-order valence-electron chi connectivity index (χ3n) is 1.84. The number of ether oxygens (including phenoxy) is 1. The minimum atomic E-state index is 0.161. The van der Waals surface area contributed by atoms with Gasteiger partial charge < -0.3 is 4.74 Å². The summed E-state index contributed by atoms with van der Waals surface area (Å²) < 4.78 is 5.04. The number of Topliss-reactive ketones (excluding diaryl/α,β-unsaturated/α-hetero) is 1. The third-order valence-corrected chi connectivity index (χ3v) is 1.84. The summed E-state index contributed by atoms with van der Waals surface area (Å²) in [7, 11) is 1.63. The van der Waals surface area contributed by atoms with Crippen LogP contribution in [0, 0.1) is 0 Å². The number of ketones is 1. The Kier molecular flexibility index (Phi) is 5.43. The van der Waals surface area contributed by atoms with Gasteiger partial charge >= 0.3 is 0 Å². The predicted octanol–water partition coefficient (Wildman–Crippen LogP) is 2.69. The minimum Gasteiger partial charge on any atom is -0.501 e. The van der Waals surface area contributed by atoms with E-state index in [0.29, 0.717) is 0 Å². The Hall–Kier alpha value is -0.790. The molecular formula is C10H18O2. The van der Waals surface area contributed by atoms with Crippen LogP contribution in [0.1, 0.15) is 40.0 Å². The summed E-state index contributed by atoms with van der Waals surface area (Å²) in [5.41, 5.74) is 0.891. The minimum absolute atomic E-state index is 0.161. The van der Waals surface area contributed by atoms with Crippen molar-refractivity contribution in [1.82, 2.24) is 0 Å². The van der Waals surface area contributed by atoms with Crippen molar-refractivity contribution in [2.45, 2.75) is 40.0 Å². The maximum absolute atomic E-state index is 10.9. The highest BCUT2D eigenvalue weighted by Gasteiger charge is 2.17. The van der Waals surface area contributed by atoms with Crippen molar-refractivity contribution in [3.63, 3.8) is 0 Å². The lowest BCUT2D eigenvalue weighted by Crippen LogP contribution is -1.96. The molecule has 0 amide bonds. The zero-order valence-corrected chi connectivity index (χ0v) is 8.44. The molecule has 0 aromatic carbocycles. The molecule has 1 aliphatic rings. The van der Waals surface area contributed by atoms with E-state index in [-0.39, 0.29) is 5.78 Å². The van der Waals surface area contributed by atoms with E-state index in [9.17, 15) is 4.79 Å². The van der Waals surface area contributed by atoms with Crippen molar-refractivity contribution in [2.24, 2.45) is 0 Å². The van der Waals surface area contributed by atoms with Crippen LogP contribution >= 0.6 is 0 Å². The van der Waals surface area contributed by atoms with Gasteiger partial charge in [-0.1, -0.05) is 13.8 Å². The Labute approximate surface area is 74.6 Å². The first-order chi connectivity index (χ1) is 5.75. The maximum atomic E-state index is 10.9. The van der Waals surface area contributed by atoms with Crippen molar-refractivity contribution in [1.29, 1.82) is 0 Å². The van der Waals surface area contributed by atoms with E-state index in [4.69, 9.17) is 4.74 Å². The van der Waals surface area contributed by atoms with Crippen molar-refractivity contribution in [3.8, 4) is 0 Å². The number of carbonyl (C=O) groups excluding carboxylic acids is 1. The van der Waals surface area contributed by atoms with Gasteiger partial charge in [-0.05, 0) is 19.8 Å². The lowest BCUT2D eigenvalue weighted by atomic mass is 10.2. The van der Waals surface area contributed by atoms with E-state index >= 15 is 0 Å². The SMILES string of the molecule is CC.COC1=C(C(C)=O)CCC1. The Balaban J connectivity index is 0.000000561. The number of methoxy groups -OCH3 is 1. The van der Waals surface area contributed by atoms with Crippen LogP contribution in [0.25, 0.3) is 0 Å². The summed E-state index contributed by atoms with van der Waals surface area (Å²) in [6.07, 6.45) is 2.90. The largest absolute Gasteiger partial charge is 0.501 e. The number of hydrogen-bond donors (Lipinski definition) is 0. The summed E-state index contributed by atoms with van der Waals surface area (Å²) in [4.78, 5) is 10.9. The summed E-state index contributed by atoms with van der Waals surface area (Å²) in [6.45, 7) is 5.60. The number of allylic oxidation sites excluding steroid dienone is 2. The average molecular weight is 170 g/mol. The Morgan fingerprint density at radius 3 is 2.25 bits per heavy atom. The smallest absolute Gasteiger partial charge is 0.159 e. The van der Waals surface area contributed by atoms with Gasteiger partial charge in [0.05, 0.1) is 7.11 Å². The molecule has 0 bridgehead atoms. The molecule has 0 unspecified atom stereocenters. The fourth-order valence-corrected chi connectivity index (χ4v) is 1.31. The molecule has 2 heteroatoms. The summed E-state index contributed by atoms with van der Waals surface area (Å²) in [5, 5.41) is 0. The van der Waals surface area contributed by atoms with E-state index in [0.717, 1.165) is 30.6 Å². The molecule has 0 saturated heterocycles. The second-order valence-corrected chi connectivity index (χ2v) is 2.52. The van der Waals surface area contributed by atoms with Crippen LogP contribution in [0.5, 0.6) is 0 Å². The van der Waals surface area contributed by atoms with Crippen molar-refractivity contribution < 1.29 is 9.53 Å². The molecule has 70 valence electrons. The second kappa shape index (κ2) is 5.81. The zero-order valence-electron chi connectivity index (χ0n) is 8.44. The quantitative estimate of drug-likeness (QED) is 0.637. The van der Waals surface area contributed by atoms with E-state index in [1.807, 2.05) is 13.8 Å². The molecule has 1 rings (SSSR count). The topological polar surface area (TPSA) is 26.3 Å². The molecule has 0 atom stereocenters. The van der Waals surface area contributed by atoms with Gasteiger partial charge in [0.1, 0.15) is 5.76 Å². The van der Waals surface area contributed by atoms with E-state index in [2.05, 4.69) is 0 Å². The van der Waals surface area contributed by atoms with Crippen LogP contribution in [0.4, 0.5) is 0 Å². The average Bonchev–Trinajstić information content (AvgIpc) is 2.55. The van der Waals surface area contributed by atoms with Crippen LogP contribution in [0.2, 0.25) is 0 Å². The maximum Gasteiger partial charge on any atom is 0.159 e. The van der Waals surface area contributed by atoms with Gasteiger partial charge in [0.15, 0.2) is 5.78 Å². The molecule has 0 heterocycles. The molecule has 0 fully saturated rings. The molecular weight excluding hydrogens is 152 g/mol. The van der Waals surface area contributed by atoms with Crippen LogP contribution in [0.3, 0.4) is 0 Å². The fourth-order valence-electron chi connectivity index (χ4n) is 1.31. The molecule has 0 aliphatic heterocycles. The summed E-state index contributed by atoms with van der Waals surface area (Å²) in [5.74, 6) is 1.06. The van der Waals surface area contributed by atoms with Crippen molar-refractivity contribution in [3.05, 3.63) is 11.3 Å². The lowest BCUT2D eigenvalue weighted by Gasteiger charge is -2.00. The first-order valence-electron chi connectivity index (χ1n) is 4.52. The fraction of sp³-hybridized carbons (Fsp3) is 0.700. The molecule has 0 aromatic rings. The molecule has 0 saturated carbocycles. The molecule has 1 aliphatic carbocycles. The summed E-state index contributed by atoms with van der Waals surface area (Å²) in [6, 6.07) is 0. The van der Waals surface area contributed by atoms with Gasteiger partial charge in [0, 0.05) is 12.0 Å². The van der Waals surface area contributed by atoms with E-state index < -0.39 is 0 Å². The van der Waals surface area contributed by atoms with Crippen molar-refractivity contribution in [2.75, 3.05) is 7.11 Å². The Morgan fingerprint density at radius 1 is 1.33 bits per heavy atom. The standard InChI is InChI=1S/C8H12O2.C2H6/c1-6(9)7-4-3-5-8(7)10-2;1-2/h3-5H2,1-2H3;1-2H3. The molecule has 2 nitrogen and oxygen atoms in total. The zero-order chi connectivity index (χ0) is 9.56. The number of rotatable bonds is 2. The molecule has 12 heavy (non-hydrogen) atoms. The Bertz CT molecular complexity index is 180. The first kappa shape index (κ1) is 11.2. The molecule has 0 radical (unpaired) electrons.